The van der Waals surface area contributed by atoms with E-state index in [0.717, 1.165) is 10.4 Å². The summed E-state index contributed by atoms with van der Waals surface area (Å²) in [6.45, 7) is 1.56. The van der Waals surface area contributed by atoms with Gasteiger partial charge >= 0.3 is 0 Å². The van der Waals surface area contributed by atoms with Gasteiger partial charge in [0.05, 0.1) is 11.4 Å². The lowest BCUT2D eigenvalue weighted by Gasteiger charge is -2.16. The van der Waals surface area contributed by atoms with Crippen LogP contribution in [0.2, 0.25) is 0 Å². The molecule has 5 nitrogen and oxygen atoms in total. The van der Waals surface area contributed by atoms with Crippen LogP contribution in [-0.2, 0) is 17.9 Å². The van der Waals surface area contributed by atoms with Gasteiger partial charge in [-0.2, -0.15) is 5.10 Å². The molecule has 0 saturated carbocycles. The number of thiophene rings is 1. The third-order valence-electron chi connectivity index (χ3n) is 2.93. The molecule has 0 atom stereocenters. The van der Waals surface area contributed by atoms with Crippen molar-refractivity contribution in [2.75, 3.05) is 13.6 Å². The minimum Gasteiger partial charge on any atom is -0.341 e. The van der Waals surface area contributed by atoms with Gasteiger partial charge in [0.25, 0.3) is 0 Å². The SMILES string of the molecule is CN(Cc1csc(C#CCN)c1)C(=O)CCn1cccn1. The average Bonchev–Trinajstić information content (AvgIpc) is 3.14. The molecule has 0 aliphatic carbocycles. The first kappa shape index (κ1) is 15.3. The maximum absolute atomic E-state index is 12.1. The molecule has 2 rings (SSSR count). The topological polar surface area (TPSA) is 64.2 Å². The number of aryl methyl sites for hydroxylation is 1. The summed E-state index contributed by atoms with van der Waals surface area (Å²) in [6.07, 6.45) is 4.01. The number of aromatic nitrogens is 2. The summed E-state index contributed by atoms with van der Waals surface area (Å²) >= 11 is 1.57. The van der Waals surface area contributed by atoms with Crippen LogP contribution in [0.5, 0.6) is 0 Å². The minimum atomic E-state index is 0.103. The highest BCUT2D eigenvalue weighted by Crippen LogP contribution is 2.15. The molecule has 2 aromatic heterocycles. The fraction of sp³-hybridized carbons (Fsp3) is 0.333. The third-order valence-corrected chi connectivity index (χ3v) is 3.82. The molecule has 0 radical (unpaired) electrons. The van der Waals surface area contributed by atoms with Crippen molar-refractivity contribution in [3.8, 4) is 11.8 Å². The molecule has 2 N–H and O–H groups in total. The highest BCUT2D eigenvalue weighted by Gasteiger charge is 2.10. The van der Waals surface area contributed by atoms with E-state index in [2.05, 4.69) is 16.9 Å². The van der Waals surface area contributed by atoms with Crippen molar-refractivity contribution in [2.24, 2.45) is 5.73 Å². The zero-order chi connectivity index (χ0) is 15.1. The van der Waals surface area contributed by atoms with Crippen LogP contribution in [-0.4, -0.2) is 34.2 Å². The van der Waals surface area contributed by atoms with Crippen molar-refractivity contribution < 1.29 is 4.79 Å². The summed E-state index contributed by atoms with van der Waals surface area (Å²) in [5.74, 6) is 5.93. The summed E-state index contributed by atoms with van der Waals surface area (Å²) < 4.78 is 1.76. The molecule has 2 aromatic rings. The molecule has 0 aliphatic rings. The molecule has 0 saturated heterocycles. The first-order valence-corrected chi connectivity index (χ1v) is 7.54. The van der Waals surface area contributed by atoms with E-state index in [0.29, 0.717) is 26.1 Å². The molecule has 21 heavy (non-hydrogen) atoms. The molecule has 0 fully saturated rings. The van der Waals surface area contributed by atoms with Crippen LogP contribution in [0.4, 0.5) is 0 Å². The van der Waals surface area contributed by atoms with E-state index in [1.54, 1.807) is 27.1 Å². The van der Waals surface area contributed by atoms with E-state index in [1.807, 2.05) is 30.8 Å². The summed E-state index contributed by atoms with van der Waals surface area (Å²) in [6, 6.07) is 3.86. The number of nitrogens with zero attached hydrogens (tertiary/aromatic N) is 3. The van der Waals surface area contributed by atoms with Crippen LogP contribution in [0.3, 0.4) is 0 Å². The van der Waals surface area contributed by atoms with Crippen LogP contribution in [0.1, 0.15) is 16.9 Å². The van der Waals surface area contributed by atoms with Gasteiger partial charge in [-0.15, -0.1) is 11.3 Å². The van der Waals surface area contributed by atoms with Gasteiger partial charge in [-0.25, -0.2) is 0 Å². The lowest BCUT2D eigenvalue weighted by atomic mass is 10.2. The molecule has 0 aliphatic heterocycles. The first-order chi connectivity index (χ1) is 10.2. The number of amides is 1. The van der Waals surface area contributed by atoms with Gasteiger partial charge in [-0.05, 0) is 23.1 Å². The van der Waals surface area contributed by atoms with Crippen molar-refractivity contribution in [1.82, 2.24) is 14.7 Å². The number of carbonyl (C=O) groups excluding carboxylic acids is 1. The van der Waals surface area contributed by atoms with Gasteiger partial charge in [0.15, 0.2) is 0 Å². The number of nitrogens with two attached hydrogens (primary N) is 1. The number of carbonyl (C=O) groups is 1. The molecular formula is C15H18N4OS. The second-order valence-electron chi connectivity index (χ2n) is 4.59. The van der Waals surface area contributed by atoms with Gasteiger partial charge in [0, 0.05) is 39.0 Å². The van der Waals surface area contributed by atoms with Crippen LogP contribution < -0.4 is 5.73 Å². The van der Waals surface area contributed by atoms with E-state index >= 15 is 0 Å². The second-order valence-corrected chi connectivity index (χ2v) is 5.51. The van der Waals surface area contributed by atoms with Crippen LogP contribution >= 0.6 is 11.3 Å². The summed E-state index contributed by atoms with van der Waals surface area (Å²) in [5.41, 5.74) is 6.44. The van der Waals surface area contributed by atoms with Crippen molar-refractivity contribution in [1.29, 1.82) is 0 Å². The van der Waals surface area contributed by atoms with Crippen molar-refractivity contribution >= 4 is 17.2 Å². The van der Waals surface area contributed by atoms with Gasteiger partial charge in [-0.1, -0.05) is 11.8 Å². The van der Waals surface area contributed by atoms with E-state index in [1.165, 1.54) is 0 Å². The third kappa shape index (κ3) is 4.74. The maximum Gasteiger partial charge on any atom is 0.224 e. The lowest BCUT2D eigenvalue weighted by Crippen LogP contribution is -2.26. The Labute approximate surface area is 128 Å². The molecule has 0 spiro atoms. The zero-order valence-electron chi connectivity index (χ0n) is 12.0. The van der Waals surface area contributed by atoms with Crippen LogP contribution in [0.15, 0.2) is 29.9 Å². The maximum atomic E-state index is 12.1. The largest absolute Gasteiger partial charge is 0.341 e. The Hall–Kier alpha value is -2.10. The number of rotatable bonds is 5. The van der Waals surface area contributed by atoms with Gasteiger partial charge in [0.2, 0.25) is 5.91 Å². The van der Waals surface area contributed by atoms with E-state index in [4.69, 9.17) is 5.73 Å². The average molecular weight is 302 g/mol. The zero-order valence-corrected chi connectivity index (χ0v) is 12.8. The quantitative estimate of drug-likeness (QED) is 0.847. The van der Waals surface area contributed by atoms with E-state index in [-0.39, 0.29) is 5.91 Å². The smallest absolute Gasteiger partial charge is 0.224 e. The Morgan fingerprint density at radius 3 is 3.14 bits per heavy atom. The molecule has 0 aromatic carbocycles. The van der Waals surface area contributed by atoms with Crippen molar-refractivity contribution in [3.05, 3.63) is 40.3 Å². The minimum absolute atomic E-state index is 0.103. The molecule has 2 heterocycles. The molecule has 0 unspecified atom stereocenters. The molecular weight excluding hydrogens is 284 g/mol. The molecule has 1 amide bonds. The van der Waals surface area contributed by atoms with E-state index in [9.17, 15) is 4.79 Å². The summed E-state index contributed by atoms with van der Waals surface area (Å²) in [5, 5.41) is 6.11. The van der Waals surface area contributed by atoms with Crippen molar-refractivity contribution in [3.63, 3.8) is 0 Å². The Morgan fingerprint density at radius 2 is 2.43 bits per heavy atom. The molecule has 6 heteroatoms. The van der Waals surface area contributed by atoms with Gasteiger partial charge in [0.1, 0.15) is 0 Å². The number of hydrogen-bond donors (Lipinski definition) is 1. The summed E-state index contributed by atoms with van der Waals surface area (Å²) in [7, 11) is 1.81. The fourth-order valence-corrected chi connectivity index (χ4v) is 2.63. The predicted molar refractivity (Wildman–Crippen MR) is 83.6 cm³/mol. The van der Waals surface area contributed by atoms with E-state index < -0.39 is 0 Å². The van der Waals surface area contributed by atoms with Crippen LogP contribution in [0, 0.1) is 11.8 Å². The Kier molecular flexibility index (Phi) is 5.55. The Morgan fingerprint density at radius 1 is 1.57 bits per heavy atom. The number of hydrogen-bond acceptors (Lipinski definition) is 4. The lowest BCUT2D eigenvalue weighted by molar-refractivity contribution is -0.130. The predicted octanol–water partition coefficient (Wildman–Crippen LogP) is 1.30. The highest BCUT2D eigenvalue weighted by atomic mass is 32.1. The highest BCUT2D eigenvalue weighted by molar-refractivity contribution is 7.10. The standard InChI is InChI=1S/C15H18N4OS/c1-18(15(20)5-9-19-8-3-7-17-19)11-13-10-14(21-12-13)4-2-6-16/h3,7-8,10,12H,5-6,9,11,16H2,1H3. The molecule has 110 valence electrons. The fourth-order valence-electron chi connectivity index (χ4n) is 1.86. The summed E-state index contributed by atoms with van der Waals surface area (Å²) in [4.78, 5) is 14.8. The second kappa shape index (κ2) is 7.62. The van der Waals surface area contributed by atoms with Gasteiger partial charge < -0.3 is 10.6 Å². The van der Waals surface area contributed by atoms with Crippen molar-refractivity contribution in [2.45, 2.75) is 19.5 Å². The Bertz CT molecular complexity index is 636. The first-order valence-electron chi connectivity index (χ1n) is 6.67. The van der Waals surface area contributed by atoms with Gasteiger partial charge in [-0.3, -0.25) is 9.48 Å². The van der Waals surface area contributed by atoms with Crippen LogP contribution in [0.25, 0.3) is 0 Å². The molecule has 0 bridgehead atoms. The Balaban J connectivity index is 1.84. The monoisotopic (exact) mass is 302 g/mol. The normalized spacial score (nSPS) is 10.0.